The van der Waals surface area contributed by atoms with Crippen LogP contribution in [0.2, 0.25) is 0 Å². The van der Waals surface area contributed by atoms with Crippen LogP contribution in [0.3, 0.4) is 0 Å². The quantitative estimate of drug-likeness (QED) is 0.606. The Balaban J connectivity index is 2.17. The molecule has 0 amide bonds. The third-order valence-corrected chi connectivity index (χ3v) is 3.11. The monoisotopic (exact) mass is 300 g/mol. The molecule has 0 saturated heterocycles. The molecule has 0 fully saturated rings. The number of carbonyl (C=O) groups is 2. The second-order valence-electron chi connectivity index (χ2n) is 4.47. The zero-order chi connectivity index (χ0) is 15.9. The molecule has 2 rings (SSSR count). The number of esters is 1. The minimum atomic E-state index is -0.406. The van der Waals surface area contributed by atoms with Crippen LogP contribution in [-0.2, 0) is 11.3 Å². The number of carbonyl (C=O) groups excluding carboxylic acids is 2. The SMILES string of the molecule is COC(=O)c1cccc(COc2cccc(OC)c2C=O)c1. The summed E-state index contributed by atoms with van der Waals surface area (Å²) in [6.45, 7) is 0.221. The van der Waals surface area contributed by atoms with Crippen molar-refractivity contribution in [3.8, 4) is 11.5 Å². The number of aldehydes is 1. The molecular formula is C17H16O5. The van der Waals surface area contributed by atoms with Gasteiger partial charge in [-0.1, -0.05) is 18.2 Å². The molecule has 0 spiro atoms. The maximum Gasteiger partial charge on any atom is 0.337 e. The summed E-state index contributed by atoms with van der Waals surface area (Å²) in [6.07, 6.45) is 0.693. The van der Waals surface area contributed by atoms with Crippen molar-refractivity contribution >= 4 is 12.3 Å². The molecule has 5 heteroatoms. The van der Waals surface area contributed by atoms with Crippen molar-refractivity contribution in [2.75, 3.05) is 14.2 Å². The molecule has 0 saturated carbocycles. The highest BCUT2D eigenvalue weighted by Gasteiger charge is 2.10. The van der Waals surface area contributed by atoms with Crippen LogP contribution in [-0.4, -0.2) is 26.5 Å². The van der Waals surface area contributed by atoms with Gasteiger partial charge in [0, 0.05) is 0 Å². The average Bonchev–Trinajstić information content (AvgIpc) is 2.58. The molecule has 2 aromatic carbocycles. The molecule has 0 radical (unpaired) electrons. The van der Waals surface area contributed by atoms with Gasteiger partial charge in [-0.05, 0) is 29.8 Å². The molecule has 0 aromatic heterocycles. The molecule has 0 aliphatic rings. The molecule has 5 nitrogen and oxygen atoms in total. The molecule has 0 unspecified atom stereocenters. The molecule has 0 heterocycles. The van der Waals surface area contributed by atoms with Gasteiger partial charge in [-0.25, -0.2) is 4.79 Å². The Labute approximate surface area is 128 Å². The van der Waals surface area contributed by atoms with Gasteiger partial charge in [0.2, 0.25) is 0 Å². The summed E-state index contributed by atoms with van der Waals surface area (Å²) in [5, 5.41) is 0. The van der Waals surface area contributed by atoms with Crippen LogP contribution in [0.25, 0.3) is 0 Å². The van der Waals surface area contributed by atoms with Crippen molar-refractivity contribution in [1.82, 2.24) is 0 Å². The zero-order valence-corrected chi connectivity index (χ0v) is 12.4. The Morgan fingerprint density at radius 2 is 1.82 bits per heavy atom. The summed E-state index contributed by atoms with van der Waals surface area (Å²) in [5.74, 6) is 0.477. The first-order valence-electron chi connectivity index (χ1n) is 6.61. The van der Waals surface area contributed by atoms with Gasteiger partial charge in [0.05, 0.1) is 25.3 Å². The second-order valence-corrected chi connectivity index (χ2v) is 4.47. The van der Waals surface area contributed by atoms with E-state index in [1.54, 1.807) is 36.4 Å². The number of rotatable bonds is 6. The fourth-order valence-electron chi connectivity index (χ4n) is 2.01. The smallest absolute Gasteiger partial charge is 0.337 e. The lowest BCUT2D eigenvalue weighted by molar-refractivity contribution is 0.0600. The lowest BCUT2D eigenvalue weighted by Crippen LogP contribution is -2.04. The van der Waals surface area contributed by atoms with Gasteiger partial charge in [-0.2, -0.15) is 0 Å². The van der Waals surface area contributed by atoms with Crippen LogP contribution in [0.1, 0.15) is 26.3 Å². The van der Waals surface area contributed by atoms with Crippen molar-refractivity contribution in [1.29, 1.82) is 0 Å². The van der Waals surface area contributed by atoms with Crippen LogP contribution < -0.4 is 9.47 Å². The first-order valence-corrected chi connectivity index (χ1v) is 6.61. The standard InChI is InChI=1S/C17H16O5/c1-20-15-7-4-8-16(14(15)10-18)22-11-12-5-3-6-13(9-12)17(19)21-2/h3-10H,11H2,1-2H3. The number of methoxy groups -OCH3 is 2. The largest absolute Gasteiger partial charge is 0.496 e. The fourth-order valence-corrected chi connectivity index (χ4v) is 2.01. The summed E-state index contributed by atoms with van der Waals surface area (Å²) in [6, 6.07) is 12.0. The third-order valence-electron chi connectivity index (χ3n) is 3.11. The molecule has 0 bridgehead atoms. The van der Waals surface area contributed by atoms with E-state index in [4.69, 9.17) is 9.47 Å². The van der Waals surface area contributed by atoms with Gasteiger partial charge < -0.3 is 14.2 Å². The van der Waals surface area contributed by atoms with Gasteiger partial charge in [-0.3, -0.25) is 4.79 Å². The Hall–Kier alpha value is -2.82. The van der Waals surface area contributed by atoms with Gasteiger partial charge in [0.1, 0.15) is 18.1 Å². The Kier molecular flexibility index (Phi) is 5.14. The number of hydrogen-bond acceptors (Lipinski definition) is 5. The molecule has 2 aromatic rings. The first-order chi connectivity index (χ1) is 10.7. The van der Waals surface area contributed by atoms with Gasteiger partial charge in [-0.15, -0.1) is 0 Å². The van der Waals surface area contributed by atoms with Gasteiger partial charge in [0.15, 0.2) is 6.29 Å². The van der Waals surface area contributed by atoms with Crippen molar-refractivity contribution in [3.63, 3.8) is 0 Å². The second kappa shape index (κ2) is 7.26. The van der Waals surface area contributed by atoms with Gasteiger partial charge in [0.25, 0.3) is 0 Å². The highest BCUT2D eigenvalue weighted by Crippen LogP contribution is 2.27. The van der Waals surface area contributed by atoms with Crippen LogP contribution in [0.15, 0.2) is 42.5 Å². The molecule has 22 heavy (non-hydrogen) atoms. The number of benzene rings is 2. The minimum absolute atomic E-state index is 0.221. The fraction of sp³-hybridized carbons (Fsp3) is 0.176. The highest BCUT2D eigenvalue weighted by atomic mass is 16.5. The summed E-state index contributed by atoms with van der Waals surface area (Å²) < 4.78 is 15.5. The minimum Gasteiger partial charge on any atom is -0.496 e. The van der Waals surface area contributed by atoms with E-state index < -0.39 is 5.97 Å². The topological polar surface area (TPSA) is 61.8 Å². The molecular weight excluding hydrogens is 284 g/mol. The molecule has 0 aliphatic carbocycles. The lowest BCUT2D eigenvalue weighted by Gasteiger charge is -2.11. The summed E-state index contributed by atoms with van der Waals surface area (Å²) >= 11 is 0. The van der Waals surface area contributed by atoms with E-state index in [0.717, 1.165) is 5.56 Å². The third kappa shape index (κ3) is 3.44. The van der Waals surface area contributed by atoms with Crippen LogP contribution in [0.4, 0.5) is 0 Å². The molecule has 0 N–H and O–H groups in total. The van der Waals surface area contributed by atoms with Crippen LogP contribution in [0.5, 0.6) is 11.5 Å². The van der Waals surface area contributed by atoms with E-state index in [0.29, 0.717) is 28.9 Å². The van der Waals surface area contributed by atoms with Crippen molar-refractivity contribution in [3.05, 3.63) is 59.2 Å². The van der Waals surface area contributed by atoms with Crippen LogP contribution in [0, 0.1) is 0 Å². The summed E-state index contributed by atoms with van der Waals surface area (Å²) in [4.78, 5) is 22.7. The van der Waals surface area contributed by atoms with E-state index in [-0.39, 0.29) is 6.61 Å². The van der Waals surface area contributed by atoms with E-state index in [2.05, 4.69) is 4.74 Å². The zero-order valence-electron chi connectivity index (χ0n) is 12.4. The predicted octanol–water partition coefficient (Wildman–Crippen LogP) is 2.87. The van der Waals surface area contributed by atoms with E-state index in [1.165, 1.54) is 14.2 Å². The number of ether oxygens (including phenoxy) is 3. The van der Waals surface area contributed by atoms with E-state index in [1.807, 2.05) is 6.07 Å². The summed E-state index contributed by atoms with van der Waals surface area (Å²) in [7, 11) is 2.82. The normalized spacial score (nSPS) is 9.91. The Bertz CT molecular complexity index is 678. The molecule has 0 aliphatic heterocycles. The number of hydrogen-bond donors (Lipinski definition) is 0. The van der Waals surface area contributed by atoms with E-state index in [9.17, 15) is 9.59 Å². The Morgan fingerprint density at radius 3 is 2.50 bits per heavy atom. The van der Waals surface area contributed by atoms with Crippen molar-refractivity contribution in [2.45, 2.75) is 6.61 Å². The highest BCUT2D eigenvalue weighted by molar-refractivity contribution is 5.89. The van der Waals surface area contributed by atoms with Gasteiger partial charge >= 0.3 is 5.97 Å². The predicted molar refractivity (Wildman–Crippen MR) is 80.5 cm³/mol. The summed E-state index contributed by atoms with van der Waals surface area (Å²) in [5.41, 5.74) is 1.60. The van der Waals surface area contributed by atoms with Crippen LogP contribution >= 0.6 is 0 Å². The average molecular weight is 300 g/mol. The first kappa shape index (κ1) is 15.6. The van der Waals surface area contributed by atoms with Crippen molar-refractivity contribution < 1.29 is 23.8 Å². The maximum absolute atomic E-state index is 11.5. The molecule has 114 valence electrons. The Morgan fingerprint density at radius 1 is 1.09 bits per heavy atom. The molecule has 0 atom stereocenters. The van der Waals surface area contributed by atoms with Crippen molar-refractivity contribution in [2.24, 2.45) is 0 Å². The maximum atomic E-state index is 11.5. The lowest BCUT2D eigenvalue weighted by atomic mass is 10.1. The van der Waals surface area contributed by atoms with E-state index >= 15 is 0 Å².